The Hall–Kier alpha value is -5.98. The van der Waals surface area contributed by atoms with Crippen molar-refractivity contribution in [2.75, 3.05) is 49.4 Å². The maximum atomic E-state index is 13.9. The van der Waals surface area contributed by atoms with E-state index >= 15 is 0 Å². The number of nitrogens with zero attached hydrogens (tertiary/aromatic N) is 5. The molecule has 20 heteroatoms. The minimum absolute atomic E-state index is 0.0351. The minimum Gasteiger partial charge on any atom is -0.491 e. The lowest BCUT2D eigenvalue weighted by Crippen LogP contribution is -2.58. The number of anilines is 2. The lowest BCUT2D eigenvalue weighted by molar-refractivity contribution is -0.144. The van der Waals surface area contributed by atoms with Gasteiger partial charge in [0, 0.05) is 25.2 Å². The number of rotatable bonds is 17. The van der Waals surface area contributed by atoms with E-state index in [1.54, 1.807) is 75.7 Å². The molecule has 3 heterocycles. The standard InChI is InChI=1S/C47H52F3N7O8S2/c1-28-39(67-27-53-28)30-9-7-29(8-10-30)24-52-41(60)37-22-34(58)25-55(37)42(61)40(45(2,3)4)54-38(59)26-64-18-17-63-19-20-65-35-15-13-32(14-16-35)57-44(66)56(43(62)46(57,5)6)33-12-11-31(23-51)36(21-33)47(48,49)50/h7-16,21,27,34,37,40,58H,17-20,22,24-26H2,1-6H3,(H,52,60)(H,54,59)/t34-,37+,40?/m1/s1. The topological polar surface area (TPSA) is 187 Å². The van der Waals surface area contributed by atoms with Crippen LogP contribution in [0, 0.1) is 23.7 Å². The molecule has 2 saturated heterocycles. The molecule has 0 radical (unpaired) electrons. The summed E-state index contributed by atoms with van der Waals surface area (Å²) in [7, 11) is 0. The summed E-state index contributed by atoms with van der Waals surface area (Å²) in [6.07, 6.45) is -5.66. The van der Waals surface area contributed by atoms with Crippen molar-refractivity contribution in [1.29, 1.82) is 5.26 Å². The maximum Gasteiger partial charge on any atom is 0.417 e. The Morgan fingerprint density at radius 2 is 1.66 bits per heavy atom. The highest BCUT2D eigenvalue weighted by molar-refractivity contribution is 7.81. The van der Waals surface area contributed by atoms with Crippen LogP contribution < -0.4 is 25.2 Å². The van der Waals surface area contributed by atoms with E-state index < -0.39 is 70.1 Å². The molecule has 0 bridgehead atoms. The van der Waals surface area contributed by atoms with Gasteiger partial charge in [-0.2, -0.15) is 18.4 Å². The number of aromatic nitrogens is 1. The molecule has 3 atom stereocenters. The molecule has 67 heavy (non-hydrogen) atoms. The number of alkyl halides is 3. The number of likely N-dealkylation sites (tertiary alicyclic amines) is 1. The molecule has 2 aliphatic heterocycles. The quantitative estimate of drug-likeness (QED) is 0.0812. The van der Waals surface area contributed by atoms with Crippen LogP contribution in [0.3, 0.4) is 0 Å². The number of aliphatic hydroxyl groups excluding tert-OH is 1. The Morgan fingerprint density at radius 1 is 1.00 bits per heavy atom. The summed E-state index contributed by atoms with van der Waals surface area (Å²) in [5.74, 6) is -1.52. The van der Waals surface area contributed by atoms with Gasteiger partial charge in [0.05, 0.1) is 64.9 Å². The summed E-state index contributed by atoms with van der Waals surface area (Å²) in [4.78, 5) is 63.2. The molecular weight excluding hydrogens is 912 g/mol. The first-order valence-electron chi connectivity index (χ1n) is 21.3. The van der Waals surface area contributed by atoms with Gasteiger partial charge in [-0.1, -0.05) is 45.0 Å². The van der Waals surface area contributed by atoms with Crippen LogP contribution in [0.2, 0.25) is 0 Å². The van der Waals surface area contributed by atoms with Gasteiger partial charge in [-0.05, 0) is 92.0 Å². The van der Waals surface area contributed by atoms with Crippen molar-refractivity contribution in [1.82, 2.24) is 20.5 Å². The molecule has 4 aromatic rings. The number of thiazole rings is 1. The van der Waals surface area contributed by atoms with Crippen molar-refractivity contribution in [3.8, 4) is 22.3 Å². The molecule has 3 aromatic carbocycles. The predicted octanol–water partition coefficient (Wildman–Crippen LogP) is 6.15. The van der Waals surface area contributed by atoms with Gasteiger partial charge in [0.2, 0.25) is 17.7 Å². The van der Waals surface area contributed by atoms with Crippen LogP contribution in [0.25, 0.3) is 10.4 Å². The van der Waals surface area contributed by atoms with Crippen LogP contribution >= 0.6 is 23.6 Å². The zero-order valence-electron chi connectivity index (χ0n) is 37.8. The molecule has 0 saturated carbocycles. The minimum atomic E-state index is -4.82. The number of aliphatic hydroxyl groups is 1. The normalized spacial score (nSPS) is 17.7. The molecule has 356 valence electrons. The average molecular weight is 964 g/mol. The number of hydrogen-bond acceptors (Lipinski definition) is 12. The van der Waals surface area contributed by atoms with E-state index in [0.717, 1.165) is 38.7 Å². The number of nitriles is 1. The third-order valence-corrected chi connectivity index (χ3v) is 12.6. The SMILES string of the molecule is Cc1ncsc1-c1ccc(CNC(=O)[C@@H]2C[C@@H](O)CN2C(=O)C(NC(=O)COCCOCCOc2ccc(N3C(=S)N(c4ccc(C#N)c(C(F)(F)F)c4)C(=O)C3(C)C)cc2)C(C)(C)C)cc1. The number of ether oxygens (including phenoxy) is 3. The second-order valence-corrected chi connectivity index (χ2v) is 18.8. The summed E-state index contributed by atoms with van der Waals surface area (Å²) < 4.78 is 58.0. The number of hydrogen-bond donors (Lipinski definition) is 3. The average Bonchev–Trinajstić information content (AvgIpc) is 3.94. The second-order valence-electron chi connectivity index (χ2n) is 17.6. The number of aryl methyl sites for hydroxylation is 1. The van der Waals surface area contributed by atoms with Crippen molar-refractivity contribution in [2.45, 2.75) is 84.4 Å². The van der Waals surface area contributed by atoms with Crippen LogP contribution in [0.15, 0.2) is 72.2 Å². The van der Waals surface area contributed by atoms with Gasteiger partial charge in [0.25, 0.3) is 5.91 Å². The largest absolute Gasteiger partial charge is 0.491 e. The Kier molecular flexibility index (Phi) is 15.7. The number of halogens is 3. The first-order chi connectivity index (χ1) is 31.6. The molecule has 4 amide bonds. The molecule has 1 aromatic heterocycles. The molecule has 3 N–H and O–H groups in total. The monoisotopic (exact) mass is 963 g/mol. The van der Waals surface area contributed by atoms with Crippen molar-refractivity contribution in [2.24, 2.45) is 5.41 Å². The Balaban J connectivity index is 0.921. The predicted molar refractivity (Wildman–Crippen MR) is 248 cm³/mol. The Morgan fingerprint density at radius 3 is 2.28 bits per heavy atom. The summed E-state index contributed by atoms with van der Waals surface area (Å²) in [5.41, 5.74) is 1.27. The van der Waals surface area contributed by atoms with Crippen molar-refractivity contribution in [3.63, 3.8) is 0 Å². The number of carbonyl (C=O) groups excluding carboxylic acids is 4. The van der Waals surface area contributed by atoms with Crippen molar-refractivity contribution >= 4 is 63.7 Å². The fraction of sp³-hybridized carbons (Fsp3) is 0.426. The van der Waals surface area contributed by atoms with E-state index in [1.165, 1.54) is 21.9 Å². The summed E-state index contributed by atoms with van der Waals surface area (Å²) in [6, 6.07) is 17.0. The number of benzene rings is 3. The number of β-amino-alcohol motifs (C(OH)–C–C–N with tert-alkyl or cyclic N) is 1. The molecular formula is C47H52F3N7O8S2. The summed E-state index contributed by atoms with van der Waals surface area (Å²) >= 11 is 7.16. The molecule has 0 aliphatic carbocycles. The number of amides is 4. The fourth-order valence-corrected chi connectivity index (χ4v) is 9.07. The zero-order chi connectivity index (χ0) is 48.8. The van der Waals surface area contributed by atoms with E-state index in [1.807, 2.05) is 31.2 Å². The first-order valence-corrected chi connectivity index (χ1v) is 22.6. The van der Waals surface area contributed by atoms with Crippen LogP contribution in [-0.4, -0.2) is 107 Å². The zero-order valence-corrected chi connectivity index (χ0v) is 39.4. The van der Waals surface area contributed by atoms with Crippen LogP contribution in [0.5, 0.6) is 5.75 Å². The van der Waals surface area contributed by atoms with E-state index in [9.17, 15) is 42.7 Å². The number of thiocarbonyl (C=S) groups is 1. The molecule has 0 spiro atoms. The van der Waals surface area contributed by atoms with Gasteiger partial charge in [0.1, 0.15) is 36.6 Å². The third kappa shape index (κ3) is 11.8. The van der Waals surface area contributed by atoms with Gasteiger partial charge in [-0.25, -0.2) is 4.98 Å². The third-order valence-electron chi connectivity index (χ3n) is 11.3. The fourth-order valence-electron chi connectivity index (χ4n) is 7.74. The van der Waals surface area contributed by atoms with E-state index in [2.05, 4.69) is 15.6 Å². The van der Waals surface area contributed by atoms with Gasteiger partial charge >= 0.3 is 6.18 Å². The van der Waals surface area contributed by atoms with Gasteiger partial charge < -0.3 is 39.8 Å². The highest BCUT2D eigenvalue weighted by Crippen LogP contribution is 2.40. The van der Waals surface area contributed by atoms with Crippen molar-refractivity contribution in [3.05, 3.63) is 94.6 Å². The van der Waals surface area contributed by atoms with Gasteiger partial charge in [0.15, 0.2) is 5.11 Å². The molecule has 2 aliphatic rings. The van der Waals surface area contributed by atoms with Gasteiger partial charge in [-0.15, -0.1) is 11.3 Å². The second kappa shape index (κ2) is 20.9. The van der Waals surface area contributed by atoms with E-state index in [4.69, 9.17) is 26.4 Å². The molecule has 15 nitrogen and oxygen atoms in total. The van der Waals surface area contributed by atoms with E-state index in [-0.39, 0.29) is 63.3 Å². The van der Waals surface area contributed by atoms with Gasteiger partial charge in [-0.3, -0.25) is 24.1 Å². The smallest absolute Gasteiger partial charge is 0.417 e. The molecule has 6 rings (SSSR count). The maximum absolute atomic E-state index is 13.9. The molecule has 1 unspecified atom stereocenters. The first kappa shape index (κ1) is 50.4. The lowest BCUT2D eigenvalue weighted by Gasteiger charge is -2.35. The Labute approximate surface area is 395 Å². The number of nitrogens with one attached hydrogen (secondary N) is 2. The molecule has 2 fully saturated rings. The van der Waals surface area contributed by atoms with Crippen LogP contribution in [0.4, 0.5) is 24.5 Å². The number of carbonyl (C=O) groups is 4. The van der Waals surface area contributed by atoms with Crippen LogP contribution in [-0.2, 0) is 41.4 Å². The highest BCUT2D eigenvalue weighted by atomic mass is 32.1. The van der Waals surface area contributed by atoms with E-state index in [0.29, 0.717) is 11.4 Å². The Bertz CT molecular complexity index is 2510. The summed E-state index contributed by atoms with van der Waals surface area (Å²) in [6.45, 7) is 10.9. The lowest BCUT2D eigenvalue weighted by atomic mass is 9.85. The van der Waals surface area contributed by atoms with Crippen LogP contribution in [0.1, 0.15) is 63.4 Å². The highest BCUT2D eigenvalue weighted by Gasteiger charge is 2.51. The van der Waals surface area contributed by atoms with Crippen molar-refractivity contribution < 1.29 is 51.7 Å². The summed E-state index contributed by atoms with van der Waals surface area (Å²) in [5, 5.41) is 25.4.